The van der Waals surface area contributed by atoms with Crippen molar-refractivity contribution in [2.24, 2.45) is 11.8 Å². The van der Waals surface area contributed by atoms with Crippen LogP contribution >= 0.6 is 31.9 Å². The van der Waals surface area contributed by atoms with Crippen LogP contribution in [0.15, 0.2) is 81.7 Å². The minimum atomic E-state index is -2.35. The Kier molecular flexibility index (Phi) is 5.94. The molecule has 0 radical (unpaired) electrons. The molecular weight excluding hydrogens is 582 g/mol. The molecule has 9 heteroatoms. The minimum absolute atomic E-state index is 0.0867. The number of carboxylic acids is 1. The number of fused-ring (bicyclic) bond motifs is 1. The Balaban J connectivity index is 1.67. The fourth-order valence-electron chi connectivity index (χ4n) is 4.87. The summed E-state index contributed by atoms with van der Waals surface area (Å²) in [5, 5.41) is 13.0. The number of ether oxygens (including phenoxy) is 1. The summed E-state index contributed by atoms with van der Waals surface area (Å²) < 4.78 is 7.54. The molecule has 2 aliphatic rings. The molecule has 1 fully saturated rings. The van der Waals surface area contributed by atoms with Crippen molar-refractivity contribution in [2.75, 3.05) is 5.32 Å². The highest BCUT2D eigenvalue weighted by Crippen LogP contribution is 2.54. The van der Waals surface area contributed by atoms with Gasteiger partial charge in [0, 0.05) is 25.8 Å². The lowest BCUT2D eigenvalue weighted by atomic mass is 9.75. The fourth-order valence-corrected chi connectivity index (χ4v) is 5.52. The smallest absolute Gasteiger partial charge is 0.311 e. The van der Waals surface area contributed by atoms with Crippen molar-refractivity contribution < 1.29 is 29.0 Å². The van der Waals surface area contributed by atoms with Crippen molar-refractivity contribution in [1.82, 2.24) is 0 Å². The molecule has 1 aliphatic heterocycles. The molecular formula is C26H17Br2NO6. The van der Waals surface area contributed by atoms with E-state index in [1.54, 1.807) is 60.7 Å². The van der Waals surface area contributed by atoms with Gasteiger partial charge in [-0.15, -0.1) is 0 Å². The van der Waals surface area contributed by atoms with Gasteiger partial charge in [0.05, 0.1) is 12.0 Å². The van der Waals surface area contributed by atoms with Gasteiger partial charge in [-0.05, 0) is 61.7 Å². The number of carboxylic acid groups (broad SMARTS) is 1. The third-order valence-corrected chi connectivity index (χ3v) is 8.29. The summed E-state index contributed by atoms with van der Waals surface area (Å²) in [4.78, 5) is 53.5. The van der Waals surface area contributed by atoms with Crippen LogP contribution in [0.2, 0.25) is 0 Å². The van der Waals surface area contributed by atoms with Crippen LogP contribution in [0.1, 0.15) is 32.4 Å². The Morgan fingerprint density at radius 1 is 0.857 bits per heavy atom. The fraction of sp³-hybridized carbons (Fsp3) is 0.154. The van der Waals surface area contributed by atoms with Crippen molar-refractivity contribution >= 4 is 61.0 Å². The lowest BCUT2D eigenvalue weighted by Gasteiger charge is -2.25. The van der Waals surface area contributed by atoms with Gasteiger partial charge >= 0.3 is 5.97 Å². The molecule has 5 rings (SSSR count). The number of amides is 1. The van der Waals surface area contributed by atoms with E-state index in [0.717, 1.165) is 4.47 Å². The first-order valence-electron chi connectivity index (χ1n) is 10.7. The second kappa shape index (κ2) is 8.82. The Labute approximate surface area is 216 Å². The average molecular weight is 599 g/mol. The number of anilines is 1. The highest BCUT2D eigenvalue weighted by Gasteiger charge is 2.71. The molecule has 0 saturated carbocycles. The van der Waals surface area contributed by atoms with Crippen LogP contribution in [0.3, 0.4) is 0 Å². The van der Waals surface area contributed by atoms with Gasteiger partial charge in [0.15, 0.2) is 0 Å². The topological polar surface area (TPSA) is 110 Å². The summed E-state index contributed by atoms with van der Waals surface area (Å²) in [6.45, 7) is 0. The van der Waals surface area contributed by atoms with Gasteiger partial charge < -0.3 is 15.2 Å². The van der Waals surface area contributed by atoms with Crippen LogP contribution in [0, 0.1) is 11.8 Å². The van der Waals surface area contributed by atoms with E-state index in [1.807, 2.05) is 0 Å². The number of hydrogen-bond donors (Lipinski definition) is 2. The van der Waals surface area contributed by atoms with Crippen LogP contribution in [0.4, 0.5) is 5.69 Å². The summed E-state index contributed by atoms with van der Waals surface area (Å²) in [7, 11) is 0. The zero-order valence-corrected chi connectivity index (χ0v) is 21.1. The average Bonchev–Trinajstić information content (AvgIpc) is 3.32. The maximum Gasteiger partial charge on any atom is 0.311 e. The van der Waals surface area contributed by atoms with E-state index in [-0.39, 0.29) is 11.1 Å². The Morgan fingerprint density at radius 3 is 2.03 bits per heavy atom. The summed E-state index contributed by atoms with van der Waals surface area (Å²) in [5.74, 6) is -6.75. The molecule has 176 valence electrons. The SMILES string of the molecule is O=C(Nc1ccccc1)C1C(c2ccc(Br)c(Br)c2)OC2(C(=O)c3ccccc3C2=O)C1C(=O)O. The van der Waals surface area contributed by atoms with Crippen molar-refractivity contribution in [3.8, 4) is 0 Å². The maximum absolute atomic E-state index is 13.6. The minimum Gasteiger partial charge on any atom is -0.481 e. The lowest BCUT2D eigenvalue weighted by Crippen LogP contribution is -2.52. The Hall–Kier alpha value is -3.14. The van der Waals surface area contributed by atoms with Crippen LogP contribution in [-0.2, 0) is 14.3 Å². The van der Waals surface area contributed by atoms with Crippen molar-refractivity contribution in [1.29, 1.82) is 0 Å². The number of nitrogens with one attached hydrogen (secondary N) is 1. The van der Waals surface area contributed by atoms with E-state index in [0.29, 0.717) is 15.7 Å². The van der Waals surface area contributed by atoms with E-state index in [4.69, 9.17) is 4.74 Å². The third kappa shape index (κ3) is 3.65. The number of carbonyl (C=O) groups is 4. The van der Waals surface area contributed by atoms with Crippen LogP contribution in [0.25, 0.3) is 0 Å². The van der Waals surface area contributed by atoms with E-state index < -0.39 is 47.0 Å². The number of para-hydroxylation sites is 1. The van der Waals surface area contributed by atoms with Gasteiger partial charge in [-0.1, -0.05) is 48.5 Å². The van der Waals surface area contributed by atoms with Crippen molar-refractivity contribution in [3.63, 3.8) is 0 Å². The zero-order valence-electron chi connectivity index (χ0n) is 17.9. The quantitative estimate of drug-likeness (QED) is 0.406. The van der Waals surface area contributed by atoms with Gasteiger partial charge in [0.1, 0.15) is 5.92 Å². The molecule has 0 aromatic heterocycles. The van der Waals surface area contributed by atoms with Crippen LogP contribution in [-0.4, -0.2) is 34.2 Å². The summed E-state index contributed by atoms with van der Waals surface area (Å²) in [6, 6.07) is 19.7. The van der Waals surface area contributed by atoms with Crippen LogP contribution in [0.5, 0.6) is 0 Å². The molecule has 0 bridgehead atoms. The van der Waals surface area contributed by atoms with E-state index >= 15 is 0 Å². The summed E-state index contributed by atoms with van der Waals surface area (Å²) in [6.07, 6.45) is -1.17. The molecule has 2 N–H and O–H groups in total. The predicted molar refractivity (Wildman–Crippen MR) is 133 cm³/mol. The van der Waals surface area contributed by atoms with Crippen LogP contribution < -0.4 is 5.32 Å². The molecule has 3 aromatic rings. The Morgan fingerprint density at radius 2 is 1.46 bits per heavy atom. The summed E-state index contributed by atoms with van der Waals surface area (Å²) >= 11 is 6.81. The lowest BCUT2D eigenvalue weighted by molar-refractivity contribution is -0.147. The molecule has 1 heterocycles. The maximum atomic E-state index is 13.6. The molecule has 3 unspecified atom stereocenters. The number of Topliss-reactive ketones (excluding diaryl/α,β-unsaturated/α-hetero) is 2. The van der Waals surface area contributed by atoms with Gasteiger partial charge in [-0.2, -0.15) is 0 Å². The molecule has 35 heavy (non-hydrogen) atoms. The van der Waals surface area contributed by atoms with E-state index in [1.165, 1.54) is 12.1 Å². The highest BCUT2D eigenvalue weighted by atomic mass is 79.9. The number of rotatable bonds is 4. The number of ketones is 2. The number of aliphatic carboxylic acids is 1. The van der Waals surface area contributed by atoms with Gasteiger partial charge in [-0.3, -0.25) is 19.2 Å². The van der Waals surface area contributed by atoms with Crippen molar-refractivity contribution in [3.05, 3.63) is 98.4 Å². The molecule has 3 atom stereocenters. The first-order chi connectivity index (χ1) is 16.8. The first-order valence-corrected chi connectivity index (χ1v) is 12.2. The molecule has 1 spiro atoms. The molecule has 1 amide bonds. The van der Waals surface area contributed by atoms with Crippen molar-refractivity contribution in [2.45, 2.75) is 11.7 Å². The third-order valence-electron chi connectivity index (χ3n) is 6.41. The first kappa shape index (κ1) is 23.6. The Bertz CT molecular complexity index is 1350. The number of hydrogen-bond acceptors (Lipinski definition) is 5. The highest BCUT2D eigenvalue weighted by molar-refractivity contribution is 9.13. The molecule has 3 aromatic carbocycles. The largest absolute Gasteiger partial charge is 0.481 e. The molecule has 1 saturated heterocycles. The second-order valence-electron chi connectivity index (χ2n) is 8.35. The normalized spacial score (nSPS) is 22.3. The van der Waals surface area contributed by atoms with Gasteiger partial charge in [0.25, 0.3) is 0 Å². The standard InChI is InChI=1S/C26H17Br2NO6/c27-17-11-10-13(12-18(17)28)21-19(24(32)29-14-6-2-1-3-7-14)20(25(33)34)26(35-21)22(30)15-8-4-5-9-16(15)23(26)31/h1-12,19-21H,(H,29,32)(H,33,34). The van der Waals surface area contributed by atoms with Gasteiger partial charge in [0.2, 0.25) is 23.1 Å². The van der Waals surface area contributed by atoms with Gasteiger partial charge in [-0.25, -0.2) is 0 Å². The summed E-state index contributed by atoms with van der Waals surface area (Å²) in [5.41, 5.74) is -1.27. The van der Waals surface area contributed by atoms with E-state index in [9.17, 15) is 24.3 Å². The number of halogens is 2. The number of benzene rings is 3. The molecule has 7 nitrogen and oxygen atoms in total. The second-order valence-corrected chi connectivity index (χ2v) is 10.1. The zero-order chi connectivity index (χ0) is 24.9. The predicted octanol–water partition coefficient (Wildman–Crippen LogP) is 5.06. The molecule has 1 aliphatic carbocycles. The number of carbonyl (C=O) groups excluding carboxylic acids is 3. The van der Waals surface area contributed by atoms with E-state index in [2.05, 4.69) is 37.2 Å². The monoisotopic (exact) mass is 597 g/mol.